The molecule has 0 heterocycles. The summed E-state index contributed by atoms with van der Waals surface area (Å²) in [5, 5.41) is 7.32. The Balaban J connectivity index is 1.08. The average Bonchev–Trinajstić information content (AvgIpc) is 3.72. The van der Waals surface area contributed by atoms with Crippen molar-refractivity contribution in [2.75, 3.05) is 4.90 Å². The summed E-state index contributed by atoms with van der Waals surface area (Å²) in [6.07, 6.45) is 0. The molecule has 0 unspecified atom stereocenters. The Morgan fingerprint density at radius 3 is 1.38 bits per heavy atom. The van der Waals surface area contributed by atoms with Gasteiger partial charge < -0.3 is 4.90 Å². The van der Waals surface area contributed by atoms with Gasteiger partial charge in [-0.05, 0) is 142 Å². The van der Waals surface area contributed by atoms with E-state index < -0.39 is 5.41 Å². The molecule has 1 aliphatic carbocycles. The highest BCUT2D eigenvalue weighted by atomic mass is 15.1. The molecule has 13 rings (SSSR count). The second-order valence-electron chi connectivity index (χ2n) is 18.0. The molecule has 68 heavy (non-hydrogen) atoms. The molecule has 0 saturated heterocycles. The van der Waals surface area contributed by atoms with Crippen LogP contribution in [0.25, 0.3) is 76.8 Å². The predicted octanol–water partition coefficient (Wildman–Crippen LogP) is 18.0. The Morgan fingerprint density at radius 2 is 0.706 bits per heavy atom. The van der Waals surface area contributed by atoms with Crippen LogP contribution in [0.2, 0.25) is 0 Å². The van der Waals surface area contributed by atoms with Crippen LogP contribution in [0.1, 0.15) is 22.3 Å². The zero-order valence-electron chi connectivity index (χ0n) is 37.4. The van der Waals surface area contributed by atoms with Gasteiger partial charge >= 0.3 is 0 Å². The predicted molar refractivity (Wildman–Crippen MR) is 287 cm³/mol. The fourth-order valence-corrected chi connectivity index (χ4v) is 11.3. The van der Waals surface area contributed by atoms with Gasteiger partial charge in [-0.1, -0.05) is 231 Å². The van der Waals surface area contributed by atoms with E-state index in [-0.39, 0.29) is 0 Å². The first-order chi connectivity index (χ1) is 33.7. The van der Waals surface area contributed by atoms with E-state index in [2.05, 4.69) is 278 Å². The first kappa shape index (κ1) is 39.6. The molecule has 0 radical (unpaired) electrons. The van der Waals surface area contributed by atoms with Crippen LogP contribution in [0.15, 0.2) is 273 Å². The molecule has 0 aliphatic heterocycles. The van der Waals surface area contributed by atoms with Crippen LogP contribution in [-0.2, 0) is 5.41 Å². The van der Waals surface area contributed by atoms with Gasteiger partial charge in [-0.15, -0.1) is 0 Å². The van der Waals surface area contributed by atoms with Gasteiger partial charge in [-0.3, -0.25) is 0 Å². The lowest BCUT2D eigenvalue weighted by Crippen LogP contribution is -2.28. The third-order valence-electron chi connectivity index (χ3n) is 14.3. The quantitative estimate of drug-likeness (QED) is 0.138. The molecule has 0 atom stereocenters. The molecule has 12 aromatic rings. The van der Waals surface area contributed by atoms with Crippen molar-refractivity contribution < 1.29 is 0 Å². The Bertz CT molecular complexity index is 3780. The number of benzene rings is 12. The molecule has 0 bridgehead atoms. The first-order valence-corrected chi connectivity index (χ1v) is 23.6. The molecule has 1 nitrogen and oxygen atoms in total. The Morgan fingerprint density at radius 1 is 0.250 bits per heavy atom. The van der Waals surface area contributed by atoms with E-state index in [1.807, 2.05) is 0 Å². The van der Waals surface area contributed by atoms with Gasteiger partial charge in [0.1, 0.15) is 0 Å². The molecule has 1 aliphatic rings. The maximum Gasteiger partial charge on any atom is 0.0713 e. The smallest absolute Gasteiger partial charge is 0.0713 e. The molecule has 1 heteroatoms. The normalized spacial score (nSPS) is 12.5. The number of fused-ring (bicyclic) bond motifs is 7. The van der Waals surface area contributed by atoms with Gasteiger partial charge in [0.15, 0.2) is 0 Å². The van der Waals surface area contributed by atoms with E-state index in [9.17, 15) is 0 Å². The average molecular weight is 864 g/mol. The second-order valence-corrected chi connectivity index (χ2v) is 18.0. The summed E-state index contributed by atoms with van der Waals surface area (Å²) in [5.41, 5.74) is 17.7. The van der Waals surface area contributed by atoms with Gasteiger partial charge in [0.2, 0.25) is 0 Å². The minimum Gasteiger partial charge on any atom is -0.310 e. The van der Waals surface area contributed by atoms with Gasteiger partial charge in [0.25, 0.3) is 0 Å². The standard InChI is InChI=1S/C67H45N/c1-6-20-46(21-7-1)49-34-35-51-43-54(37-36-50(51)42-49)68(56-39-41-64-61(44-56)59-31-18-19-33-63(59)67(64,52-26-12-4-13-27-52)53-28-14-5-15-29-53)55-38-40-58-57-30-16-17-32-60(57)65(47-22-8-2-9-23-47)66(62(58)45-55)48-24-10-3-11-25-48/h1-45H. The summed E-state index contributed by atoms with van der Waals surface area (Å²) in [6, 6.07) is 101. The number of anilines is 3. The monoisotopic (exact) mass is 863 g/mol. The molecule has 0 fully saturated rings. The molecule has 318 valence electrons. The number of nitrogens with zero attached hydrogens (tertiary/aromatic N) is 1. The van der Waals surface area contributed by atoms with Gasteiger partial charge in [0.05, 0.1) is 5.41 Å². The summed E-state index contributed by atoms with van der Waals surface area (Å²) >= 11 is 0. The maximum absolute atomic E-state index is 2.48. The molecule has 0 amide bonds. The number of hydrogen-bond acceptors (Lipinski definition) is 1. The van der Waals surface area contributed by atoms with Crippen molar-refractivity contribution >= 4 is 49.4 Å². The summed E-state index contributed by atoms with van der Waals surface area (Å²) in [6.45, 7) is 0. The van der Waals surface area contributed by atoms with Crippen molar-refractivity contribution in [3.8, 4) is 44.5 Å². The van der Waals surface area contributed by atoms with E-state index in [0.717, 1.165) is 17.1 Å². The molecule has 0 aromatic heterocycles. The van der Waals surface area contributed by atoms with Gasteiger partial charge in [-0.2, -0.15) is 0 Å². The summed E-state index contributed by atoms with van der Waals surface area (Å²) in [4.78, 5) is 2.48. The third kappa shape index (κ3) is 6.32. The van der Waals surface area contributed by atoms with Crippen LogP contribution < -0.4 is 4.90 Å². The minimum atomic E-state index is -0.486. The van der Waals surface area contributed by atoms with E-state index in [0.29, 0.717) is 0 Å². The molecule has 0 saturated carbocycles. The van der Waals surface area contributed by atoms with Crippen LogP contribution in [0.5, 0.6) is 0 Å². The Kier molecular flexibility index (Phi) is 9.47. The lowest BCUT2D eigenvalue weighted by atomic mass is 9.68. The molecule has 12 aromatic carbocycles. The van der Waals surface area contributed by atoms with Crippen LogP contribution >= 0.6 is 0 Å². The van der Waals surface area contributed by atoms with Crippen molar-refractivity contribution in [3.63, 3.8) is 0 Å². The van der Waals surface area contributed by atoms with Gasteiger partial charge in [-0.25, -0.2) is 0 Å². The second kappa shape index (κ2) is 16.3. The van der Waals surface area contributed by atoms with E-state index in [1.54, 1.807) is 0 Å². The summed E-state index contributed by atoms with van der Waals surface area (Å²) in [5.74, 6) is 0. The maximum atomic E-state index is 2.48. The molecular formula is C67H45N. The number of hydrogen-bond donors (Lipinski definition) is 0. The highest BCUT2D eigenvalue weighted by Gasteiger charge is 2.46. The van der Waals surface area contributed by atoms with E-state index in [1.165, 1.54) is 99.1 Å². The summed E-state index contributed by atoms with van der Waals surface area (Å²) in [7, 11) is 0. The zero-order valence-corrected chi connectivity index (χ0v) is 37.4. The summed E-state index contributed by atoms with van der Waals surface area (Å²) < 4.78 is 0. The van der Waals surface area contributed by atoms with Crippen LogP contribution in [0.3, 0.4) is 0 Å². The van der Waals surface area contributed by atoms with Crippen molar-refractivity contribution in [1.29, 1.82) is 0 Å². The molecule has 0 spiro atoms. The molecule has 0 N–H and O–H groups in total. The fraction of sp³-hybridized carbons (Fsp3) is 0.0149. The zero-order chi connectivity index (χ0) is 45.0. The Labute approximate surface area is 397 Å². The van der Waals surface area contributed by atoms with E-state index in [4.69, 9.17) is 0 Å². The van der Waals surface area contributed by atoms with Crippen molar-refractivity contribution in [3.05, 3.63) is 295 Å². The van der Waals surface area contributed by atoms with Gasteiger partial charge in [0, 0.05) is 17.1 Å². The van der Waals surface area contributed by atoms with Crippen molar-refractivity contribution in [2.45, 2.75) is 5.41 Å². The lowest BCUT2D eigenvalue weighted by Gasteiger charge is -2.34. The SMILES string of the molecule is c1ccc(-c2ccc3cc(N(c4ccc5c(c4)-c4ccccc4C5(c4ccccc4)c4ccccc4)c4ccc5c(c4)c(-c4ccccc4)c(-c4ccccc4)c4ccccc45)ccc3c2)cc1. The topological polar surface area (TPSA) is 3.24 Å². The van der Waals surface area contributed by atoms with Crippen LogP contribution in [-0.4, -0.2) is 0 Å². The lowest BCUT2D eigenvalue weighted by molar-refractivity contribution is 0.768. The van der Waals surface area contributed by atoms with Crippen LogP contribution in [0.4, 0.5) is 17.1 Å². The van der Waals surface area contributed by atoms with Crippen molar-refractivity contribution in [2.24, 2.45) is 0 Å². The van der Waals surface area contributed by atoms with Crippen molar-refractivity contribution in [1.82, 2.24) is 0 Å². The Hall–Kier alpha value is -8.78. The molecular weight excluding hydrogens is 819 g/mol. The number of rotatable bonds is 8. The highest BCUT2D eigenvalue weighted by molar-refractivity contribution is 6.22. The third-order valence-corrected chi connectivity index (χ3v) is 14.3. The minimum absolute atomic E-state index is 0.486. The highest BCUT2D eigenvalue weighted by Crippen LogP contribution is 2.57. The first-order valence-electron chi connectivity index (χ1n) is 23.6. The van der Waals surface area contributed by atoms with E-state index >= 15 is 0 Å². The van der Waals surface area contributed by atoms with Crippen LogP contribution in [0, 0.1) is 0 Å². The largest absolute Gasteiger partial charge is 0.310 e. The fourth-order valence-electron chi connectivity index (χ4n) is 11.3.